The van der Waals surface area contributed by atoms with E-state index in [2.05, 4.69) is 0 Å². The predicted molar refractivity (Wildman–Crippen MR) is 71.9 cm³/mol. The van der Waals surface area contributed by atoms with Crippen LogP contribution in [-0.4, -0.2) is 38.8 Å². The largest absolute Gasteiger partial charge is 0.370 e. The minimum absolute atomic E-state index is 0.0118. The molecule has 0 bridgehead atoms. The zero-order valence-electron chi connectivity index (χ0n) is 10.4. The number of hydrogen-bond acceptors (Lipinski definition) is 4. The van der Waals surface area contributed by atoms with Crippen molar-refractivity contribution < 1.29 is 13.2 Å². The Balaban J connectivity index is 2.29. The molecule has 0 amide bonds. The SMILES string of the molecule is CC(=O)c1ccccc1N1CCCS(=O)(=O)CC1. The van der Waals surface area contributed by atoms with Crippen LogP contribution in [-0.2, 0) is 9.84 Å². The van der Waals surface area contributed by atoms with Crippen LogP contribution in [0.5, 0.6) is 0 Å². The maximum absolute atomic E-state index is 11.6. The van der Waals surface area contributed by atoms with Gasteiger partial charge in [-0.15, -0.1) is 0 Å². The minimum atomic E-state index is -2.92. The highest BCUT2D eigenvalue weighted by atomic mass is 32.2. The van der Waals surface area contributed by atoms with Crippen molar-refractivity contribution >= 4 is 21.3 Å². The normalized spacial score (nSPS) is 19.3. The van der Waals surface area contributed by atoms with Crippen LogP contribution in [0.1, 0.15) is 23.7 Å². The molecule has 0 radical (unpaired) electrons. The molecule has 4 nitrogen and oxygen atoms in total. The summed E-state index contributed by atoms with van der Waals surface area (Å²) >= 11 is 0. The first kappa shape index (κ1) is 13.1. The number of rotatable bonds is 2. The quantitative estimate of drug-likeness (QED) is 0.762. The summed E-state index contributed by atoms with van der Waals surface area (Å²) in [6.07, 6.45) is 0.620. The summed E-state index contributed by atoms with van der Waals surface area (Å²) in [5.74, 6) is 0.419. The van der Waals surface area contributed by atoms with E-state index in [9.17, 15) is 13.2 Å². The van der Waals surface area contributed by atoms with E-state index >= 15 is 0 Å². The highest BCUT2D eigenvalue weighted by Gasteiger charge is 2.21. The van der Waals surface area contributed by atoms with Gasteiger partial charge in [-0.05, 0) is 25.5 Å². The van der Waals surface area contributed by atoms with Crippen molar-refractivity contribution in [2.24, 2.45) is 0 Å². The molecule has 1 aromatic carbocycles. The lowest BCUT2D eigenvalue weighted by molar-refractivity contribution is 0.101. The lowest BCUT2D eigenvalue weighted by atomic mass is 10.1. The highest BCUT2D eigenvalue weighted by molar-refractivity contribution is 7.91. The third kappa shape index (κ3) is 2.90. The molecule has 2 rings (SSSR count). The van der Waals surface area contributed by atoms with Gasteiger partial charge in [0.1, 0.15) is 0 Å². The summed E-state index contributed by atoms with van der Waals surface area (Å²) in [7, 11) is -2.92. The number of benzene rings is 1. The number of carbonyl (C=O) groups excluding carboxylic acids is 1. The van der Waals surface area contributed by atoms with Gasteiger partial charge < -0.3 is 4.90 Å². The number of hydrogen-bond donors (Lipinski definition) is 0. The molecule has 1 saturated heterocycles. The Bertz CT molecular complexity index is 551. The molecule has 18 heavy (non-hydrogen) atoms. The maximum Gasteiger partial charge on any atom is 0.161 e. The second-order valence-corrected chi connectivity index (χ2v) is 6.87. The molecule has 0 aliphatic carbocycles. The number of carbonyl (C=O) groups is 1. The molecular weight excluding hydrogens is 250 g/mol. The zero-order valence-corrected chi connectivity index (χ0v) is 11.2. The minimum Gasteiger partial charge on any atom is -0.370 e. The third-order valence-corrected chi connectivity index (χ3v) is 4.89. The van der Waals surface area contributed by atoms with E-state index in [1.165, 1.54) is 6.92 Å². The van der Waals surface area contributed by atoms with E-state index < -0.39 is 9.84 Å². The van der Waals surface area contributed by atoms with Crippen LogP contribution >= 0.6 is 0 Å². The van der Waals surface area contributed by atoms with Gasteiger partial charge in [0.25, 0.3) is 0 Å². The van der Waals surface area contributed by atoms with Gasteiger partial charge in [0.05, 0.1) is 11.5 Å². The van der Waals surface area contributed by atoms with Gasteiger partial charge in [-0.3, -0.25) is 4.79 Å². The predicted octanol–water partition coefficient (Wildman–Crippen LogP) is 1.51. The average molecular weight is 267 g/mol. The molecule has 1 aliphatic heterocycles. The van der Waals surface area contributed by atoms with E-state index in [1.807, 2.05) is 23.1 Å². The Hall–Kier alpha value is -1.36. The number of ketones is 1. The topological polar surface area (TPSA) is 54.5 Å². The van der Waals surface area contributed by atoms with Gasteiger partial charge in [-0.1, -0.05) is 12.1 Å². The molecule has 1 aromatic rings. The van der Waals surface area contributed by atoms with Crippen LogP contribution in [0.2, 0.25) is 0 Å². The Morgan fingerprint density at radius 3 is 2.61 bits per heavy atom. The molecule has 5 heteroatoms. The fourth-order valence-electron chi connectivity index (χ4n) is 2.23. The van der Waals surface area contributed by atoms with Crippen molar-refractivity contribution in [3.05, 3.63) is 29.8 Å². The first-order valence-corrected chi connectivity index (χ1v) is 7.87. The standard InChI is InChI=1S/C13H17NO3S/c1-11(15)12-5-2-3-6-13(12)14-7-4-9-18(16,17)10-8-14/h2-3,5-6H,4,7-10H2,1H3. The molecule has 0 unspecified atom stereocenters. The van der Waals surface area contributed by atoms with Gasteiger partial charge in [0.15, 0.2) is 15.6 Å². The molecule has 0 atom stereocenters. The van der Waals surface area contributed by atoms with Gasteiger partial charge in [0, 0.05) is 24.3 Å². The number of anilines is 1. The molecule has 1 aliphatic rings. The fraction of sp³-hybridized carbons (Fsp3) is 0.462. The lowest BCUT2D eigenvalue weighted by Crippen LogP contribution is -2.28. The summed E-state index contributed by atoms with van der Waals surface area (Å²) in [6.45, 7) is 2.68. The first-order valence-electron chi connectivity index (χ1n) is 6.05. The number of nitrogens with zero attached hydrogens (tertiary/aromatic N) is 1. The van der Waals surface area contributed by atoms with Crippen molar-refractivity contribution in [2.75, 3.05) is 29.5 Å². The zero-order chi connectivity index (χ0) is 13.2. The second-order valence-electron chi connectivity index (χ2n) is 4.57. The van der Waals surface area contributed by atoms with Crippen LogP contribution in [0.3, 0.4) is 0 Å². The van der Waals surface area contributed by atoms with Crippen LogP contribution in [0.25, 0.3) is 0 Å². The molecule has 0 aromatic heterocycles. The summed E-state index contributed by atoms with van der Waals surface area (Å²) in [4.78, 5) is 13.6. The maximum atomic E-state index is 11.6. The van der Waals surface area contributed by atoms with E-state index in [0.29, 0.717) is 25.1 Å². The Morgan fingerprint density at radius 2 is 1.89 bits per heavy atom. The molecule has 1 heterocycles. The molecular formula is C13H17NO3S. The number of sulfone groups is 1. The Kier molecular flexibility index (Phi) is 3.71. The summed E-state index contributed by atoms with van der Waals surface area (Å²) in [6, 6.07) is 7.38. The van der Waals surface area contributed by atoms with E-state index in [1.54, 1.807) is 6.07 Å². The number of Topliss-reactive ketones (excluding diaryl/α,β-unsaturated/α-hetero) is 1. The molecule has 1 fully saturated rings. The molecule has 98 valence electrons. The van der Waals surface area contributed by atoms with E-state index in [-0.39, 0.29) is 17.3 Å². The van der Waals surface area contributed by atoms with Gasteiger partial charge >= 0.3 is 0 Å². The van der Waals surface area contributed by atoms with Gasteiger partial charge in [0.2, 0.25) is 0 Å². The second kappa shape index (κ2) is 5.10. The van der Waals surface area contributed by atoms with Gasteiger partial charge in [-0.25, -0.2) is 8.42 Å². The lowest BCUT2D eigenvalue weighted by Gasteiger charge is -2.24. The average Bonchev–Trinajstić information content (AvgIpc) is 2.50. The molecule has 0 spiro atoms. The third-order valence-electron chi connectivity index (χ3n) is 3.18. The van der Waals surface area contributed by atoms with Crippen LogP contribution in [0, 0.1) is 0 Å². The smallest absolute Gasteiger partial charge is 0.161 e. The van der Waals surface area contributed by atoms with Crippen molar-refractivity contribution in [2.45, 2.75) is 13.3 Å². The van der Waals surface area contributed by atoms with Crippen molar-refractivity contribution in [3.8, 4) is 0 Å². The summed E-state index contributed by atoms with van der Waals surface area (Å²) in [5, 5.41) is 0. The van der Waals surface area contributed by atoms with Crippen molar-refractivity contribution in [1.29, 1.82) is 0 Å². The van der Waals surface area contributed by atoms with Crippen molar-refractivity contribution in [3.63, 3.8) is 0 Å². The monoisotopic (exact) mass is 267 g/mol. The van der Waals surface area contributed by atoms with Crippen LogP contribution in [0.4, 0.5) is 5.69 Å². The number of para-hydroxylation sites is 1. The fourth-order valence-corrected chi connectivity index (χ4v) is 3.50. The Labute approximate surface area is 108 Å². The van der Waals surface area contributed by atoms with E-state index in [4.69, 9.17) is 0 Å². The van der Waals surface area contributed by atoms with Crippen LogP contribution < -0.4 is 4.90 Å². The Morgan fingerprint density at radius 1 is 1.17 bits per heavy atom. The summed E-state index contributed by atoms with van der Waals surface area (Å²) in [5.41, 5.74) is 1.51. The van der Waals surface area contributed by atoms with Gasteiger partial charge in [-0.2, -0.15) is 0 Å². The first-order chi connectivity index (χ1) is 8.49. The van der Waals surface area contributed by atoms with Crippen LogP contribution in [0.15, 0.2) is 24.3 Å². The molecule has 0 N–H and O–H groups in total. The molecule has 0 saturated carbocycles. The highest BCUT2D eigenvalue weighted by Crippen LogP contribution is 2.22. The summed E-state index contributed by atoms with van der Waals surface area (Å²) < 4.78 is 23.1. The van der Waals surface area contributed by atoms with E-state index in [0.717, 1.165) is 5.69 Å². The van der Waals surface area contributed by atoms with Crippen molar-refractivity contribution in [1.82, 2.24) is 0 Å².